The third-order valence-electron chi connectivity index (χ3n) is 1.84. The maximum Gasteiger partial charge on any atom is 0.278 e. The minimum absolute atomic E-state index is 0.218. The van der Waals surface area contributed by atoms with Gasteiger partial charge in [0.15, 0.2) is 10.5 Å². The molecule has 0 amide bonds. The van der Waals surface area contributed by atoms with E-state index in [1.165, 1.54) is 0 Å². The topological polar surface area (TPSA) is 61.5 Å². The second-order valence-electron chi connectivity index (χ2n) is 2.84. The van der Waals surface area contributed by atoms with Gasteiger partial charge < -0.3 is 0 Å². The molecule has 76 valence electrons. The van der Waals surface area contributed by atoms with Crippen molar-refractivity contribution in [2.45, 2.75) is 0 Å². The fourth-order valence-corrected chi connectivity index (χ4v) is 1.79. The van der Waals surface area contributed by atoms with E-state index < -0.39 is 0 Å². The fourth-order valence-electron chi connectivity index (χ4n) is 1.18. The maximum atomic E-state index is 11.6. The zero-order chi connectivity index (χ0) is 10.8. The fraction of sp³-hybridized carbons (Fsp3) is 0. The molecule has 1 heterocycles. The molecule has 2 N–H and O–H groups in total. The minimum atomic E-state index is -0.300. The molecule has 0 saturated carbocycles. The van der Waals surface area contributed by atoms with Crippen LogP contribution < -0.4 is 5.56 Å². The molecule has 0 radical (unpaired) electrons. The van der Waals surface area contributed by atoms with Gasteiger partial charge in [-0.2, -0.15) is 5.10 Å². The lowest BCUT2D eigenvalue weighted by molar-refractivity contribution is 0.931. The Balaban J connectivity index is 2.70. The summed E-state index contributed by atoms with van der Waals surface area (Å²) in [5.41, 5.74) is 0.742. The number of rotatable bonds is 1. The second-order valence-corrected chi connectivity index (χ2v) is 4.10. The third-order valence-corrected chi connectivity index (χ3v) is 2.73. The van der Waals surface area contributed by atoms with Crippen LogP contribution in [0.15, 0.2) is 33.5 Å². The maximum absolute atomic E-state index is 11.6. The molecule has 4 nitrogen and oxygen atoms in total. The van der Waals surface area contributed by atoms with Crippen molar-refractivity contribution in [3.8, 4) is 11.3 Å². The van der Waals surface area contributed by atoms with Crippen molar-refractivity contribution in [3.05, 3.63) is 43.9 Å². The van der Waals surface area contributed by atoms with E-state index in [1.807, 2.05) is 18.2 Å². The van der Waals surface area contributed by atoms with E-state index in [1.54, 1.807) is 6.07 Å². The largest absolute Gasteiger partial charge is 0.296 e. The first-order valence-electron chi connectivity index (χ1n) is 4.12. The van der Waals surface area contributed by atoms with Gasteiger partial charge in [0.05, 0.1) is 0 Å². The number of hydrogen-bond acceptors (Lipinski definition) is 3. The quantitative estimate of drug-likeness (QED) is 0.790. The van der Waals surface area contributed by atoms with E-state index in [4.69, 9.17) is 12.2 Å². The Kier molecular flexibility index (Phi) is 2.79. The number of nitrogens with zero attached hydrogens (tertiary/aromatic N) is 1. The molecule has 0 bridgehead atoms. The number of halogens is 1. The summed E-state index contributed by atoms with van der Waals surface area (Å²) in [5.74, 6) is 0. The molecule has 0 fully saturated rings. The van der Waals surface area contributed by atoms with Crippen LogP contribution in [-0.2, 0) is 0 Å². The summed E-state index contributed by atoms with van der Waals surface area (Å²) >= 11 is 8.11. The molecule has 0 aliphatic heterocycles. The highest BCUT2D eigenvalue weighted by atomic mass is 79.9. The highest BCUT2D eigenvalue weighted by molar-refractivity contribution is 9.10. The van der Waals surface area contributed by atoms with Crippen LogP contribution in [0.5, 0.6) is 0 Å². The minimum Gasteiger partial charge on any atom is -0.296 e. The van der Waals surface area contributed by atoms with Crippen LogP contribution in [0.4, 0.5) is 0 Å². The standard InChI is InChI=1S/C9H6BrN3OS/c10-6-4-2-1-3-5(6)7-8(14)11-9(15)13-12-7/h1-4H,(H2,11,13,14,15). The summed E-state index contributed by atoms with van der Waals surface area (Å²) in [6, 6.07) is 7.35. The average Bonchev–Trinajstić information content (AvgIpc) is 2.20. The molecular weight excluding hydrogens is 278 g/mol. The number of nitrogens with one attached hydrogen (secondary N) is 2. The first-order valence-corrected chi connectivity index (χ1v) is 5.32. The van der Waals surface area contributed by atoms with Crippen LogP contribution in [0.2, 0.25) is 0 Å². The Morgan fingerprint density at radius 1 is 1.33 bits per heavy atom. The SMILES string of the molecule is O=c1[nH]c(=S)[nH]nc1-c1ccccc1Br. The van der Waals surface area contributed by atoms with Gasteiger partial charge in [-0.25, -0.2) is 0 Å². The van der Waals surface area contributed by atoms with E-state index in [0.29, 0.717) is 5.69 Å². The number of aromatic nitrogens is 3. The van der Waals surface area contributed by atoms with Crippen LogP contribution in [0, 0.1) is 4.77 Å². The van der Waals surface area contributed by atoms with Crippen LogP contribution in [-0.4, -0.2) is 15.2 Å². The second kappa shape index (κ2) is 4.08. The highest BCUT2D eigenvalue weighted by Gasteiger charge is 2.07. The van der Waals surface area contributed by atoms with E-state index in [-0.39, 0.29) is 10.3 Å². The molecule has 0 atom stereocenters. The van der Waals surface area contributed by atoms with Crippen molar-refractivity contribution in [1.82, 2.24) is 15.2 Å². The first-order chi connectivity index (χ1) is 7.18. The Morgan fingerprint density at radius 3 is 2.73 bits per heavy atom. The Hall–Kier alpha value is -1.27. The molecule has 2 aromatic rings. The molecular formula is C9H6BrN3OS. The Labute approximate surface area is 98.5 Å². The molecule has 0 aliphatic rings. The monoisotopic (exact) mass is 283 g/mol. The van der Waals surface area contributed by atoms with Gasteiger partial charge in [0.1, 0.15) is 0 Å². The molecule has 0 aliphatic carbocycles. The van der Waals surface area contributed by atoms with Crippen molar-refractivity contribution >= 4 is 28.1 Å². The van der Waals surface area contributed by atoms with Gasteiger partial charge in [0.25, 0.3) is 5.56 Å². The van der Waals surface area contributed by atoms with E-state index >= 15 is 0 Å². The van der Waals surface area contributed by atoms with Crippen molar-refractivity contribution in [2.75, 3.05) is 0 Å². The van der Waals surface area contributed by atoms with Crippen LogP contribution in [0.1, 0.15) is 0 Å². The number of aromatic amines is 2. The zero-order valence-electron chi connectivity index (χ0n) is 7.45. The highest BCUT2D eigenvalue weighted by Crippen LogP contribution is 2.23. The van der Waals surface area contributed by atoms with Crippen molar-refractivity contribution < 1.29 is 0 Å². The van der Waals surface area contributed by atoms with Gasteiger partial charge in [0, 0.05) is 10.0 Å². The molecule has 0 saturated heterocycles. The smallest absolute Gasteiger partial charge is 0.278 e. The lowest BCUT2D eigenvalue weighted by Crippen LogP contribution is -2.13. The van der Waals surface area contributed by atoms with Crippen LogP contribution in [0.25, 0.3) is 11.3 Å². The number of H-pyrrole nitrogens is 2. The zero-order valence-corrected chi connectivity index (χ0v) is 9.85. The predicted molar refractivity (Wildman–Crippen MR) is 63.2 cm³/mol. The summed E-state index contributed by atoms with van der Waals surface area (Å²) in [6.45, 7) is 0. The molecule has 15 heavy (non-hydrogen) atoms. The Bertz CT molecular complexity index is 605. The summed E-state index contributed by atoms with van der Waals surface area (Å²) in [6.07, 6.45) is 0. The Morgan fingerprint density at radius 2 is 2.07 bits per heavy atom. The van der Waals surface area contributed by atoms with Crippen molar-refractivity contribution in [2.24, 2.45) is 0 Å². The molecule has 2 rings (SSSR count). The van der Waals surface area contributed by atoms with E-state index in [0.717, 1.165) is 10.0 Å². The number of hydrogen-bond donors (Lipinski definition) is 2. The third kappa shape index (κ3) is 2.05. The molecule has 0 unspecified atom stereocenters. The van der Waals surface area contributed by atoms with Gasteiger partial charge in [-0.05, 0) is 18.3 Å². The van der Waals surface area contributed by atoms with Gasteiger partial charge in [0.2, 0.25) is 0 Å². The van der Waals surface area contributed by atoms with Gasteiger partial charge >= 0.3 is 0 Å². The summed E-state index contributed by atoms with van der Waals surface area (Å²) < 4.78 is 1.03. The lowest BCUT2D eigenvalue weighted by atomic mass is 10.2. The molecule has 0 spiro atoms. The first kappa shape index (κ1) is 10.3. The summed E-state index contributed by atoms with van der Waals surface area (Å²) in [4.78, 5) is 14.1. The van der Waals surface area contributed by atoms with Crippen molar-refractivity contribution in [3.63, 3.8) is 0 Å². The summed E-state index contributed by atoms with van der Waals surface area (Å²) in [7, 11) is 0. The number of benzene rings is 1. The van der Waals surface area contributed by atoms with Crippen molar-refractivity contribution in [1.29, 1.82) is 0 Å². The summed E-state index contributed by atoms with van der Waals surface area (Å²) in [5, 5.41) is 6.46. The van der Waals surface area contributed by atoms with Gasteiger partial charge in [-0.1, -0.05) is 34.1 Å². The molecule has 6 heteroatoms. The predicted octanol–water partition coefficient (Wildman–Crippen LogP) is 2.26. The van der Waals surface area contributed by atoms with Crippen LogP contribution >= 0.6 is 28.1 Å². The normalized spacial score (nSPS) is 10.2. The lowest BCUT2D eigenvalue weighted by Gasteiger charge is -2.00. The van der Waals surface area contributed by atoms with E-state index in [9.17, 15) is 4.79 Å². The van der Waals surface area contributed by atoms with Gasteiger partial charge in [-0.3, -0.25) is 14.9 Å². The van der Waals surface area contributed by atoms with Crippen LogP contribution in [0.3, 0.4) is 0 Å². The molecule has 1 aromatic carbocycles. The average molecular weight is 284 g/mol. The van der Waals surface area contributed by atoms with E-state index in [2.05, 4.69) is 31.1 Å². The van der Waals surface area contributed by atoms with Gasteiger partial charge in [-0.15, -0.1) is 0 Å². The molecule has 1 aromatic heterocycles.